The highest BCUT2D eigenvalue weighted by Crippen LogP contribution is 2.32. The van der Waals surface area contributed by atoms with Crippen molar-refractivity contribution in [2.45, 2.75) is 24.9 Å². The summed E-state index contributed by atoms with van der Waals surface area (Å²) in [5.41, 5.74) is 1.20. The third kappa shape index (κ3) is 3.62. The van der Waals surface area contributed by atoms with Crippen LogP contribution in [-0.4, -0.2) is 57.0 Å². The Morgan fingerprint density at radius 1 is 1.18 bits per heavy atom. The summed E-state index contributed by atoms with van der Waals surface area (Å²) in [5, 5.41) is 51.6. The molecule has 10 nitrogen and oxygen atoms in total. The summed E-state index contributed by atoms with van der Waals surface area (Å²) in [6.07, 6.45) is 3.01. The average Bonchev–Trinajstić information content (AvgIpc) is 2.97. The molecule has 2 aliphatic rings. The standard InChI is InChI=1S/C18H18N2O8/c21-14-6-9-5-13(18(27)28)20(12(9)7-15(14)22)2-1-8-3-10(16(23)24)19-11(4-8)17(25)26/h1,3,6-7,11,13,19,21-22H,2,4-5H2,(H,23,24)(H,25,26)(H,27,28)/t11-,13+/m1/s1. The lowest BCUT2D eigenvalue weighted by Gasteiger charge is -2.24. The minimum Gasteiger partial charge on any atom is -0.544 e. The molecule has 2 heterocycles. The molecular formula is C18H18N2O8. The van der Waals surface area contributed by atoms with Crippen LogP contribution in [0.25, 0.3) is 0 Å². The highest BCUT2D eigenvalue weighted by Gasteiger charge is 2.36. The fraction of sp³-hybridized carbons (Fsp3) is 0.278. The average molecular weight is 390 g/mol. The fourth-order valence-electron chi connectivity index (χ4n) is 3.51. The van der Waals surface area contributed by atoms with Crippen molar-refractivity contribution in [3.8, 4) is 11.5 Å². The number of nitrogens with one attached hydrogen (secondary N) is 2. The molecule has 0 bridgehead atoms. The number of fused-ring (bicyclic) bond motifs is 1. The van der Waals surface area contributed by atoms with Gasteiger partial charge in [-0.3, -0.25) is 4.90 Å². The van der Waals surface area contributed by atoms with E-state index in [-0.39, 0.29) is 36.6 Å². The number of phenolic OH excluding ortho intramolecular Hbond substituents is 2. The number of hydrogen-bond donors (Lipinski definition) is 6. The Morgan fingerprint density at radius 3 is 2.46 bits per heavy atom. The molecule has 0 aromatic heterocycles. The van der Waals surface area contributed by atoms with Gasteiger partial charge in [-0.1, -0.05) is 0 Å². The summed E-state index contributed by atoms with van der Waals surface area (Å²) in [6.45, 7) is 0.0981. The van der Waals surface area contributed by atoms with Crippen molar-refractivity contribution in [3.05, 3.63) is 41.1 Å². The van der Waals surface area contributed by atoms with Crippen LogP contribution in [0.3, 0.4) is 0 Å². The Balaban J connectivity index is 1.92. The second-order valence-corrected chi connectivity index (χ2v) is 6.68. The summed E-state index contributed by atoms with van der Waals surface area (Å²) in [7, 11) is 0. The molecule has 2 aliphatic heterocycles. The van der Waals surface area contributed by atoms with E-state index in [2.05, 4.69) is 5.32 Å². The minimum atomic E-state index is -1.31. The van der Waals surface area contributed by atoms with Crippen LogP contribution in [0, 0.1) is 0 Å². The van der Waals surface area contributed by atoms with E-state index >= 15 is 0 Å². The van der Waals surface area contributed by atoms with E-state index in [1.54, 1.807) is 6.08 Å². The van der Waals surface area contributed by atoms with Gasteiger partial charge in [-0.25, -0.2) is 9.59 Å². The van der Waals surface area contributed by atoms with Crippen LogP contribution >= 0.6 is 0 Å². The lowest BCUT2D eigenvalue weighted by atomic mass is 9.99. The molecule has 0 fully saturated rings. The Hall–Kier alpha value is -3.53. The van der Waals surface area contributed by atoms with Crippen LogP contribution in [0.15, 0.2) is 35.6 Å². The van der Waals surface area contributed by atoms with E-state index in [4.69, 9.17) is 5.11 Å². The zero-order chi connectivity index (χ0) is 20.6. The largest absolute Gasteiger partial charge is 0.544 e. The van der Waals surface area contributed by atoms with E-state index in [0.717, 1.165) is 0 Å². The van der Waals surface area contributed by atoms with Crippen LogP contribution in [-0.2, 0) is 20.8 Å². The zero-order valence-corrected chi connectivity index (χ0v) is 14.5. The molecule has 6 N–H and O–H groups in total. The van der Waals surface area contributed by atoms with Gasteiger partial charge in [0.05, 0.1) is 0 Å². The van der Waals surface area contributed by atoms with Crippen molar-refractivity contribution >= 4 is 23.6 Å². The molecular weight excluding hydrogens is 372 g/mol. The number of hydrogen-bond acceptors (Lipinski definition) is 7. The van der Waals surface area contributed by atoms with E-state index < -0.39 is 30.0 Å². The Morgan fingerprint density at radius 2 is 1.86 bits per heavy atom. The first-order valence-electron chi connectivity index (χ1n) is 8.42. The Bertz CT molecular complexity index is 920. The molecule has 1 unspecified atom stereocenters. The maximum absolute atomic E-state index is 11.5. The van der Waals surface area contributed by atoms with Crippen molar-refractivity contribution in [1.29, 1.82) is 0 Å². The summed E-state index contributed by atoms with van der Waals surface area (Å²) in [6, 6.07) is 0.505. The zero-order valence-electron chi connectivity index (χ0n) is 14.5. The first-order valence-corrected chi connectivity index (χ1v) is 8.42. The van der Waals surface area contributed by atoms with Crippen LogP contribution in [0.5, 0.6) is 11.5 Å². The normalized spacial score (nSPS) is 24.9. The highest BCUT2D eigenvalue weighted by molar-refractivity contribution is 5.89. The maximum atomic E-state index is 11.5. The van der Waals surface area contributed by atoms with Gasteiger partial charge in [0.15, 0.2) is 11.5 Å². The van der Waals surface area contributed by atoms with Crippen molar-refractivity contribution in [2.75, 3.05) is 6.54 Å². The van der Waals surface area contributed by atoms with Gasteiger partial charge in [-0.2, -0.15) is 0 Å². The number of aliphatic carboxylic acids is 3. The van der Waals surface area contributed by atoms with Gasteiger partial charge in [0.2, 0.25) is 0 Å². The van der Waals surface area contributed by atoms with E-state index in [1.165, 1.54) is 18.2 Å². The van der Waals surface area contributed by atoms with Crippen LogP contribution in [0.1, 0.15) is 12.0 Å². The molecule has 3 atom stereocenters. The molecule has 0 amide bonds. The fourth-order valence-corrected chi connectivity index (χ4v) is 3.51. The molecule has 3 rings (SSSR count). The number of allylic oxidation sites excluding steroid dienone is 1. The lowest BCUT2D eigenvalue weighted by Crippen LogP contribution is -3.11. The van der Waals surface area contributed by atoms with Gasteiger partial charge in [0.25, 0.3) is 0 Å². The Labute approximate surface area is 158 Å². The number of quaternary nitrogens is 1. The molecule has 1 aromatic carbocycles. The van der Waals surface area contributed by atoms with Gasteiger partial charge in [-0.15, -0.1) is 0 Å². The van der Waals surface area contributed by atoms with Crippen molar-refractivity contribution < 1.29 is 44.8 Å². The summed E-state index contributed by atoms with van der Waals surface area (Å²) in [4.78, 5) is 34.4. The first kappa shape index (κ1) is 19.2. The lowest BCUT2D eigenvalue weighted by molar-refractivity contribution is -0.840. The molecule has 0 spiro atoms. The number of phenols is 2. The number of carboxylic acids is 3. The van der Waals surface area contributed by atoms with Gasteiger partial charge in [0, 0.05) is 24.5 Å². The molecule has 10 heteroatoms. The summed E-state index contributed by atoms with van der Waals surface area (Å²) < 4.78 is 0. The number of benzene rings is 1. The van der Waals surface area contributed by atoms with Crippen LogP contribution in [0.4, 0.5) is 5.69 Å². The second kappa shape index (κ2) is 7.24. The molecule has 28 heavy (non-hydrogen) atoms. The molecule has 0 radical (unpaired) electrons. The Kier molecular flexibility index (Phi) is 4.97. The third-order valence-electron chi connectivity index (χ3n) is 4.89. The molecule has 0 aliphatic carbocycles. The van der Waals surface area contributed by atoms with Crippen molar-refractivity contribution in [2.24, 2.45) is 0 Å². The molecule has 1 aromatic rings. The van der Waals surface area contributed by atoms with Crippen LogP contribution < -0.4 is 15.3 Å². The number of carbonyl (C=O) groups is 3. The molecule has 148 valence electrons. The van der Waals surface area contributed by atoms with Gasteiger partial charge in [0.1, 0.15) is 36.0 Å². The van der Waals surface area contributed by atoms with E-state index in [1.807, 2.05) is 0 Å². The number of carbonyl (C=O) groups excluding carboxylic acids is 1. The van der Waals surface area contributed by atoms with Gasteiger partial charge in [-0.05, 0) is 23.8 Å². The topological polar surface area (TPSA) is 172 Å². The number of aromatic hydroxyl groups is 2. The number of rotatable bonds is 5. The van der Waals surface area contributed by atoms with Crippen LogP contribution in [0.2, 0.25) is 0 Å². The van der Waals surface area contributed by atoms with E-state index in [9.17, 15) is 34.8 Å². The smallest absolute Gasteiger partial charge is 0.351 e. The minimum absolute atomic E-state index is 0.0308. The van der Waals surface area contributed by atoms with Gasteiger partial charge < -0.3 is 35.6 Å². The molecule has 0 saturated carbocycles. The summed E-state index contributed by atoms with van der Waals surface area (Å²) in [5.74, 6) is -4.55. The maximum Gasteiger partial charge on any atom is 0.351 e. The predicted molar refractivity (Wildman–Crippen MR) is 90.7 cm³/mol. The number of carboxylic acid groups (broad SMARTS) is 3. The monoisotopic (exact) mass is 390 g/mol. The first-order chi connectivity index (χ1) is 13.2. The third-order valence-corrected chi connectivity index (χ3v) is 4.89. The van der Waals surface area contributed by atoms with Crippen molar-refractivity contribution in [3.63, 3.8) is 0 Å². The highest BCUT2D eigenvalue weighted by atomic mass is 16.4. The molecule has 0 saturated heterocycles. The van der Waals surface area contributed by atoms with Crippen molar-refractivity contribution in [1.82, 2.24) is 5.32 Å². The van der Waals surface area contributed by atoms with Gasteiger partial charge >= 0.3 is 11.9 Å². The predicted octanol–water partition coefficient (Wildman–Crippen LogP) is -2.37. The second-order valence-electron chi connectivity index (χ2n) is 6.68. The van der Waals surface area contributed by atoms with E-state index in [0.29, 0.717) is 21.7 Å². The quantitative estimate of drug-likeness (QED) is 0.237. The SMILES string of the molecule is O=C(O)C1=CC(=CC[NH+]2c3cc(O)c(O)cc3C[C@H]2C(=O)[O-])C[C@H](C(=O)O)N1. The summed E-state index contributed by atoms with van der Waals surface area (Å²) >= 11 is 0.